The second kappa shape index (κ2) is 5.19. The van der Waals surface area contributed by atoms with Crippen LogP contribution in [0.4, 0.5) is 0 Å². The number of H-pyrrole nitrogens is 1. The second-order valence-corrected chi connectivity index (χ2v) is 5.48. The Bertz CT molecular complexity index is 323. The van der Waals surface area contributed by atoms with Crippen molar-refractivity contribution >= 4 is 0 Å². The van der Waals surface area contributed by atoms with Gasteiger partial charge in [-0.3, -0.25) is 4.90 Å². The van der Waals surface area contributed by atoms with Gasteiger partial charge in [0.05, 0.1) is 6.33 Å². The summed E-state index contributed by atoms with van der Waals surface area (Å²) in [5, 5.41) is 3.72. The smallest absolute Gasteiger partial charge is 0.0922 e. The summed E-state index contributed by atoms with van der Waals surface area (Å²) < 4.78 is 0. The van der Waals surface area contributed by atoms with Gasteiger partial charge in [-0.1, -0.05) is 0 Å². The minimum atomic E-state index is 0.758. The Morgan fingerprint density at radius 2 is 2.12 bits per heavy atom. The lowest BCUT2D eigenvalue weighted by Gasteiger charge is -2.32. The van der Waals surface area contributed by atoms with Crippen molar-refractivity contribution in [3.05, 3.63) is 18.2 Å². The molecule has 1 saturated heterocycles. The molecule has 0 amide bonds. The van der Waals surface area contributed by atoms with Crippen LogP contribution in [0.15, 0.2) is 12.5 Å². The number of nitrogens with zero attached hydrogens (tertiary/aromatic N) is 2. The maximum atomic E-state index is 4.06. The minimum absolute atomic E-state index is 0.758. The van der Waals surface area contributed by atoms with Crippen LogP contribution in [0, 0.1) is 5.92 Å². The molecule has 0 radical (unpaired) electrons. The summed E-state index contributed by atoms with van der Waals surface area (Å²) >= 11 is 0. The first kappa shape index (κ1) is 11.2. The molecule has 94 valence electrons. The molecular weight excluding hydrogens is 212 g/mol. The van der Waals surface area contributed by atoms with Crippen LogP contribution in [-0.4, -0.2) is 40.5 Å². The summed E-state index contributed by atoms with van der Waals surface area (Å²) in [4.78, 5) is 9.76. The van der Waals surface area contributed by atoms with Crippen molar-refractivity contribution in [1.82, 2.24) is 20.2 Å². The van der Waals surface area contributed by atoms with Crippen LogP contribution in [-0.2, 0) is 6.54 Å². The van der Waals surface area contributed by atoms with Gasteiger partial charge in [-0.25, -0.2) is 4.98 Å². The number of rotatable bonds is 5. The highest BCUT2D eigenvalue weighted by molar-refractivity contribution is 4.94. The van der Waals surface area contributed by atoms with Gasteiger partial charge in [0.25, 0.3) is 0 Å². The van der Waals surface area contributed by atoms with E-state index in [2.05, 4.69) is 20.2 Å². The predicted octanol–water partition coefficient (Wildman–Crippen LogP) is 1.37. The zero-order valence-electron chi connectivity index (χ0n) is 10.4. The van der Waals surface area contributed by atoms with E-state index in [9.17, 15) is 0 Å². The molecule has 2 N–H and O–H groups in total. The van der Waals surface area contributed by atoms with E-state index in [1.165, 1.54) is 51.0 Å². The Hall–Kier alpha value is -0.870. The molecule has 1 aliphatic heterocycles. The van der Waals surface area contributed by atoms with E-state index in [4.69, 9.17) is 0 Å². The third kappa shape index (κ3) is 3.30. The quantitative estimate of drug-likeness (QED) is 0.809. The van der Waals surface area contributed by atoms with Gasteiger partial charge in [0.2, 0.25) is 0 Å². The zero-order valence-corrected chi connectivity index (χ0v) is 10.4. The summed E-state index contributed by atoms with van der Waals surface area (Å²) in [6.45, 7) is 4.70. The van der Waals surface area contributed by atoms with Gasteiger partial charge in [0, 0.05) is 37.6 Å². The normalized spacial score (nSPS) is 23.1. The number of aromatic amines is 1. The molecule has 0 bridgehead atoms. The number of hydrogen-bond donors (Lipinski definition) is 2. The van der Waals surface area contributed by atoms with Crippen LogP contribution in [0.3, 0.4) is 0 Å². The summed E-state index contributed by atoms with van der Waals surface area (Å²) in [5.41, 5.74) is 1.23. The fourth-order valence-electron chi connectivity index (χ4n) is 2.56. The van der Waals surface area contributed by atoms with Gasteiger partial charge < -0.3 is 10.3 Å². The predicted molar refractivity (Wildman–Crippen MR) is 67.6 cm³/mol. The molecule has 1 aromatic rings. The maximum absolute atomic E-state index is 4.06. The van der Waals surface area contributed by atoms with Crippen molar-refractivity contribution in [2.24, 2.45) is 5.92 Å². The van der Waals surface area contributed by atoms with Crippen LogP contribution < -0.4 is 5.32 Å². The summed E-state index contributed by atoms with van der Waals surface area (Å²) in [5.74, 6) is 0.998. The first-order chi connectivity index (χ1) is 8.40. The summed E-state index contributed by atoms with van der Waals surface area (Å²) in [7, 11) is 0. The molecular formula is C13H22N4. The Labute approximate surface area is 103 Å². The van der Waals surface area contributed by atoms with Gasteiger partial charge in [0.1, 0.15) is 0 Å². The van der Waals surface area contributed by atoms with Crippen molar-refractivity contribution in [1.29, 1.82) is 0 Å². The van der Waals surface area contributed by atoms with E-state index in [1.807, 2.05) is 6.20 Å². The number of likely N-dealkylation sites (tertiary alicyclic amines) is 1. The topological polar surface area (TPSA) is 44.0 Å². The van der Waals surface area contributed by atoms with E-state index in [0.717, 1.165) is 18.5 Å². The molecule has 2 heterocycles. The van der Waals surface area contributed by atoms with Crippen LogP contribution in [0.25, 0.3) is 0 Å². The summed E-state index contributed by atoms with van der Waals surface area (Å²) in [6, 6.07) is 0.758. The molecule has 0 spiro atoms. The molecule has 1 aliphatic carbocycles. The van der Waals surface area contributed by atoms with E-state index < -0.39 is 0 Å². The zero-order chi connectivity index (χ0) is 11.5. The van der Waals surface area contributed by atoms with Crippen molar-refractivity contribution in [3.8, 4) is 0 Å². The van der Waals surface area contributed by atoms with Crippen molar-refractivity contribution < 1.29 is 0 Å². The first-order valence-corrected chi connectivity index (χ1v) is 6.83. The number of imidazole rings is 1. The second-order valence-electron chi connectivity index (χ2n) is 5.48. The number of aromatic nitrogens is 2. The van der Waals surface area contributed by atoms with Crippen LogP contribution in [0.5, 0.6) is 0 Å². The number of hydrogen-bond acceptors (Lipinski definition) is 3. The minimum Gasteiger partial charge on any atom is -0.347 e. The van der Waals surface area contributed by atoms with Gasteiger partial charge in [0.15, 0.2) is 0 Å². The molecule has 0 aromatic carbocycles. The highest BCUT2D eigenvalue weighted by atomic mass is 15.2. The molecule has 17 heavy (non-hydrogen) atoms. The van der Waals surface area contributed by atoms with Gasteiger partial charge in [-0.05, 0) is 38.1 Å². The van der Waals surface area contributed by atoms with Crippen molar-refractivity contribution in [2.75, 3.05) is 19.6 Å². The average molecular weight is 234 g/mol. The van der Waals surface area contributed by atoms with Gasteiger partial charge in [-0.2, -0.15) is 0 Å². The largest absolute Gasteiger partial charge is 0.347 e. The standard InChI is InChI=1S/C13H22N4/c1-2-11(1)7-15-12-3-5-17(6-4-12)9-13-8-14-10-16-13/h8,10-12,15H,1-7,9H2,(H,14,16). The molecule has 4 nitrogen and oxygen atoms in total. The molecule has 2 aliphatic rings. The van der Waals surface area contributed by atoms with E-state index in [-0.39, 0.29) is 0 Å². The van der Waals surface area contributed by atoms with Crippen molar-refractivity contribution in [3.63, 3.8) is 0 Å². The Morgan fingerprint density at radius 3 is 2.76 bits per heavy atom. The monoisotopic (exact) mass is 234 g/mol. The highest BCUT2D eigenvalue weighted by Gasteiger charge is 2.24. The Morgan fingerprint density at radius 1 is 1.29 bits per heavy atom. The van der Waals surface area contributed by atoms with Crippen LogP contribution >= 0.6 is 0 Å². The molecule has 3 rings (SSSR count). The SMILES string of the molecule is c1ncc(CN2CCC(NCC3CC3)CC2)[nH]1. The lowest BCUT2D eigenvalue weighted by atomic mass is 10.0. The highest BCUT2D eigenvalue weighted by Crippen LogP contribution is 2.28. The molecule has 0 atom stereocenters. The maximum Gasteiger partial charge on any atom is 0.0922 e. The van der Waals surface area contributed by atoms with Crippen LogP contribution in [0.1, 0.15) is 31.4 Å². The third-order valence-corrected chi connectivity index (χ3v) is 3.93. The van der Waals surface area contributed by atoms with Crippen LogP contribution in [0.2, 0.25) is 0 Å². The Balaban J connectivity index is 1.37. The summed E-state index contributed by atoms with van der Waals surface area (Å²) in [6.07, 6.45) is 9.18. The molecule has 4 heteroatoms. The third-order valence-electron chi connectivity index (χ3n) is 3.93. The first-order valence-electron chi connectivity index (χ1n) is 6.83. The molecule has 2 fully saturated rings. The van der Waals surface area contributed by atoms with Gasteiger partial charge >= 0.3 is 0 Å². The van der Waals surface area contributed by atoms with E-state index >= 15 is 0 Å². The number of nitrogens with one attached hydrogen (secondary N) is 2. The van der Waals surface area contributed by atoms with E-state index in [1.54, 1.807) is 6.33 Å². The lowest BCUT2D eigenvalue weighted by molar-refractivity contribution is 0.188. The van der Waals surface area contributed by atoms with Gasteiger partial charge in [-0.15, -0.1) is 0 Å². The lowest BCUT2D eigenvalue weighted by Crippen LogP contribution is -2.42. The van der Waals surface area contributed by atoms with E-state index in [0.29, 0.717) is 0 Å². The fourth-order valence-corrected chi connectivity index (χ4v) is 2.56. The van der Waals surface area contributed by atoms with Crippen molar-refractivity contribution in [2.45, 2.75) is 38.3 Å². The number of piperidine rings is 1. The fraction of sp³-hybridized carbons (Fsp3) is 0.769. The average Bonchev–Trinajstić information content (AvgIpc) is 3.05. The molecule has 1 aromatic heterocycles. The Kier molecular flexibility index (Phi) is 3.43. The molecule has 0 unspecified atom stereocenters. The molecule has 1 saturated carbocycles.